The van der Waals surface area contributed by atoms with Crippen LogP contribution in [0.1, 0.15) is 12.7 Å². The van der Waals surface area contributed by atoms with Gasteiger partial charge in [0.2, 0.25) is 0 Å². The van der Waals surface area contributed by atoms with Crippen molar-refractivity contribution in [1.82, 2.24) is 9.55 Å². The van der Waals surface area contributed by atoms with Crippen LogP contribution in [0.4, 0.5) is 0 Å². The Morgan fingerprint density at radius 2 is 2.33 bits per heavy atom. The molecule has 1 atom stereocenters. The number of hydrogen-bond acceptors (Lipinski definition) is 3. The molecule has 1 unspecified atom stereocenters. The molecule has 12 heavy (non-hydrogen) atoms. The van der Waals surface area contributed by atoms with Gasteiger partial charge in [-0.25, -0.2) is 4.98 Å². The smallest absolute Gasteiger partial charge is 0.134 e. The van der Waals surface area contributed by atoms with E-state index in [2.05, 4.69) is 4.98 Å². The fourth-order valence-corrected chi connectivity index (χ4v) is 1.05. The van der Waals surface area contributed by atoms with E-state index in [1.807, 2.05) is 11.5 Å². The first kappa shape index (κ1) is 9.22. The molecule has 0 saturated carbocycles. The molecule has 0 radical (unpaired) electrons. The van der Waals surface area contributed by atoms with Crippen LogP contribution in [0.3, 0.4) is 0 Å². The van der Waals surface area contributed by atoms with E-state index in [1.165, 1.54) is 0 Å². The van der Waals surface area contributed by atoms with Gasteiger partial charge in [0.05, 0.1) is 0 Å². The van der Waals surface area contributed by atoms with Gasteiger partial charge in [-0.2, -0.15) is 0 Å². The molecule has 1 aromatic rings. The molecule has 0 aliphatic carbocycles. The van der Waals surface area contributed by atoms with Crippen LogP contribution in [0.15, 0.2) is 12.4 Å². The highest BCUT2D eigenvalue weighted by Gasteiger charge is 2.04. The van der Waals surface area contributed by atoms with Gasteiger partial charge in [0.1, 0.15) is 12.4 Å². The molecular weight excluding hydrogens is 156 g/mol. The lowest BCUT2D eigenvalue weighted by Gasteiger charge is -2.10. The van der Waals surface area contributed by atoms with Crippen molar-refractivity contribution < 1.29 is 10.2 Å². The van der Waals surface area contributed by atoms with Gasteiger partial charge >= 0.3 is 0 Å². The SMILES string of the molecule is CC(CO)Cn1ccnc1CO. The molecule has 0 amide bonds. The zero-order chi connectivity index (χ0) is 8.97. The predicted octanol–water partition coefficient (Wildman–Crippen LogP) is 0.00380. The van der Waals surface area contributed by atoms with Crippen molar-refractivity contribution in [1.29, 1.82) is 0 Å². The Morgan fingerprint density at radius 3 is 2.92 bits per heavy atom. The van der Waals surface area contributed by atoms with E-state index < -0.39 is 0 Å². The molecule has 4 nitrogen and oxygen atoms in total. The number of imidazole rings is 1. The molecule has 0 aromatic carbocycles. The van der Waals surface area contributed by atoms with Crippen LogP contribution in [-0.4, -0.2) is 26.4 Å². The van der Waals surface area contributed by atoms with Crippen molar-refractivity contribution in [3.63, 3.8) is 0 Å². The maximum absolute atomic E-state index is 8.85. The summed E-state index contributed by atoms with van der Waals surface area (Å²) in [5, 5.41) is 17.6. The zero-order valence-corrected chi connectivity index (χ0v) is 7.14. The summed E-state index contributed by atoms with van der Waals surface area (Å²) in [5.41, 5.74) is 0. The summed E-state index contributed by atoms with van der Waals surface area (Å²) in [6.07, 6.45) is 3.45. The van der Waals surface area contributed by atoms with E-state index in [4.69, 9.17) is 10.2 Å². The molecule has 0 aliphatic rings. The molecule has 68 valence electrons. The summed E-state index contributed by atoms with van der Waals surface area (Å²) in [6, 6.07) is 0. The van der Waals surface area contributed by atoms with Crippen molar-refractivity contribution in [2.75, 3.05) is 6.61 Å². The lowest BCUT2D eigenvalue weighted by atomic mass is 10.2. The number of aromatic nitrogens is 2. The van der Waals surface area contributed by atoms with Gasteiger partial charge in [0, 0.05) is 25.5 Å². The largest absolute Gasteiger partial charge is 0.396 e. The molecule has 1 heterocycles. The fraction of sp³-hybridized carbons (Fsp3) is 0.625. The maximum Gasteiger partial charge on any atom is 0.134 e. The summed E-state index contributed by atoms with van der Waals surface area (Å²) in [4.78, 5) is 3.95. The van der Waals surface area contributed by atoms with Crippen molar-refractivity contribution in [2.24, 2.45) is 5.92 Å². The highest BCUT2D eigenvalue weighted by molar-refractivity contribution is 4.90. The van der Waals surface area contributed by atoms with Gasteiger partial charge in [-0.1, -0.05) is 6.92 Å². The Hall–Kier alpha value is -0.870. The Labute approximate surface area is 71.5 Å². The Bertz CT molecular complexity index is 235. The first-order chi connectivity index (χ1) is 5.77. The lowest BCUT2D eigenvalue weighted by molar-refractivity contribution is 0.215. The minimum Gasteiger partial charge on any atom is -0.396 e. The first-order valence-electron chi connectivity index (χ1n) is 3.99. The van der Waals surface area contributed by atoms with E-state index in [1.54, 1.807) is 12.4 Å². The summed E-state index contributed by atoms with van der Waals surface area (Å²) in [6.45, 7) is 2.75. The molecular formula is C8H14N2O2. The molecule has 1 aromatic heterocycles. The predicted molar refractivity (Wildman–Crippen MR) is 44.4 cm³/mol. The van der Waals surface area contributed by atoms with Crippen LogP contribution in [0, 0.1) is 5.92 Å². The monoisotopic (exact) mass is 170 g/mol. The molecule has 4 heteroatoms. The van der Waals surface area contributed by atoms with Gasteiger partial charge in [-0.3, -0.25) is 0 Å². The van der Waals surface area contributed by atoms with E-state index in [-0.39, 0.29) is 19.1 Å². The maximum atomic E-state index is 8.85. The molecule has 0 saturated heterocycles. The third-order valence-electron chi connectivity index (χ3n) is 1.76. The second kappa shape index (κ2) is 4.23. The molecule has 0 aliphatic heterocycles. The summed E-state index contributed by atoms with van der Waals surface area (Å²) in [5.74, 6) is 0.847. The topological polar surface area (TPSA) is 58.3 Å². The first-order valence-corrected chi connectivity index (χ1v) is 3.99. The second-order valence-electron chi connectivity index (χ2n) is 2.94. The minimum absolute atomic E-state index is 0.0504. The number of hydrogen-bond donors (Lipinski definition) is 2. The summed E-state index contributed by atoms with van der Waals surface area (Å²) in [7, 11) is 0. The number of aliphatic hydroxyl groups excluding tert-OH is 2. The second-order valence-corrected chi connectivity index (χ2v) is 2.94. The quantitative estimate of drug-likeness (QED) is 0.669. The minimum atomic E-state index is -0.0504. The third-order valence-corrected chi connectivity index (χ3v) is 1.76. The normalized spacial score (nSPS) is 13.2. The van der Waals surface area contributed by atoms with Crippen molar-refractivity contribution in [3.05, 3.63) is 18.2 Å². The van der Waals surface area contributed by atoms with Gasteiger partial charge in [0.15, 0.2) is 0 Å². The molecule has 1 rings (SSSR count). The average Bonchev–Trinajstić information content (AvgIpc) is 2.51. The molecule has 2 N–H and O–H groups in total. The van der Waals surface area contributed by atoms with Gasteiger partial charge in [-0.15, -0.1) is 0 Å². The zero-order valence-electron chi connectivity index (χ0n) is 7.14. The van der Waals surface area contributed by atoms with E-state index in [0.29, 0.717) is 12.4 Å². The van der Waals surface area contributed by atoms with Crippen LogP contribution in [0.25, 0.3) is 0 Å². The summed E-state index contributed by atoms with van der Waals surface area (Å²) >= 11 is 0. The molecule has 0 fully saturated rings. The Balaban J connectivity index is 2.61. The van der Waals surface area contributed by atoms with Gasteiger partial charge < -0.3 is 14.8 Å². The Morgan fingerprint density at radius 1 is 1.58 bits per heavy atom. The van der Waals surface area contributed by atoms with Crippen LogP contribution >= 0.6 is 0 Å². The fourth-order valence-electron chi connectivity index (χ4n) is 1.05. The van der Waals surface area contributed by atoms with E-state index in [9.17, 15) is 0 Å². The van der Waals surface area contributed by atoms with Crippen molar-refractivity contribution in [2.45, 2.75) is 20.1 Å². The molecule has 0 spiro atoms. The van der Waals surface area contributed by atoms with E-state index in [0.717, 1.165) is 0 Å². The van der Waals surface area contributed by atoms with Crippen LogP contribution in [-0.2, 0) is 13.2 Å². The number of rotatable bonds is 4. The van der Waals surface area contributed by atoms with Gasteiger partial charge in [-0.05, 0) is 5.92 Å². The number of nitrogens with zero attached hydrogens (tertiary/aromatic N) is 2. The molecule has 0 bridgehead atoms. The van der Waals surface area contributed by atoms with Crippen LogP contribution in [0.5, 0.6) is 0 Å². The highest BCUT2D eigenvalue weighted by Crippen LogP contribution is 2.03. The number of aliphatic hydroxyl groups is 2. The standard InChI is InChI=1S/C8H14N2O2/c1-7(5-11)4-10-3-2-9-8(10)6-12/h2-3,7,11-12H,4-6H2,1H3. The van der Waals surface area contributed by atoms with Crippen LogP contribution < -0.4 is 0 Å². The highest BCUT2D eigenvalue weighted by atomic mass is 16.3. The van der Waals surface area contributed by atoms with Crippen LogP contribution in [0.2, 0.25) is 0 Å². The van der Waals surface area contributed by atoms with Crippen molar-refractivity contribution >= 4 is 0 Å². The Kier molecular flexibility index (Phi) is 3.25. The third kappa shape index (κ3) is 2.06. The average molecular weight is 170 g/mol. The van der Waals surface area contributed by atoms with E-state index >= 15 is 0 Å². The van der Waals surface area contributed by atoms with Gasteiger partial charge in [0.25, 0.3) is 0 Å². The lowest BCUT2D eigenvalue weighted by Crippen LogP contribution is -2.12. The van der Waals surface area contributed by atoms with Crippen molar-refractivity contribution in [3.8, 4) is 0 Å². The summed E-state index contributed by atoms with van der Waals surface area (Å²) < 4.78 is 1.85.